The summed E-state index contributed by atoms with van der Waals surface area (Å²) in [5.74, 6) is -1.05. The number of alkyl carbamates (subject to hydrolysis) is 1. The highest BCUT2D eigenvalue weighted by Crippen LogP contribution is 2.20. The van der Waals surface area contributed by atoms with Crippen molar-refractivity contribution in [3.63, 3.8) is 0 Å². The van der Waals surface area contributed by atoms with Gasteiger partial charge in [-0.3, -0.25) is 9.59 Å². The van der Waals surface area contributed by atoms with E-state index in [0.717, 1.165) is 0 Å². The van der Waals surface area contributed by atoms with Crippen LogP contribution in [0.15, 0.2) is 48.5 Å². The van der Waals surface area contributed by atoms with Crippen molar-refractivity contribution < 1.29 is 24.2 Å². The summed E-state index contributed by atoms with van der Waals surface area (Å²) in [6.07, 6.45) is -0.689. The van der Waals surface area contributed by atoms with Crippen LogP contribution >= 0.6 is 0 Å². The third-order valence-electron chi connectivity index (χ3n) is 3.35. The molecule has 0 unspecified atom stereocenters. The molecule has 8 nitrogen and oxygen atoms in total. The van der Waals surface area contributed by atoms with Gasteiger partial charge in [0.1, 0.15) is 17.9 Å². The molecule has 0 saturated carbocycles. The van der Waals surface area contributed by atoms with Crippen molar-refractivity contribution in [2.75, 3.05) is 17.2 Å². The van der Waals surface area contributed by atoms with Gasteiger partial charge in [-0.1, -0.05) is 18.2 Å². The predicted molar refractivity (Wildman–Crippen MR) is 105 cm³/mol. The van der Waals surface area contributed by atoms with Gasteiger partial charge in [-0.25, -0.2) is 4.79 Å². The summed E-state index contributed by atoms with van der Waals surface area (Å²) in [7, 11) is 0. The van der Waals surface area contributed by atoms with E-state index in [9.17, 15) is 19.5 Å². The molecule has 0 aliphatic carbocycles. The van der Waals surface area contributed by atoms with E-state index < -0.39 is 23.5 Å². The molecule has 0 bridgehead atoms. The van der Waals surface area contributed by atoms with E-state index in [1.807, 2.05) is 0 Å². The van der Waals surface area contributed by atoms with E-state index in [2.05, 4.69) is 16.0 Å². The Kier molecular flexibility index (Phi) is 6.59. The van der Waals surface area contributed by atoms with Crippen LogP contribution in [0.4, 0.5) is 16.2 Å². The lowest BCUT2D eigenvalue weighted by molar-refractivity contribution is -0.115. The molecule has 0 heterocycles. The van der Waals surface area contributed by atoms with E-state index in [1.165, 1.54) is 12.1 Å². The Bertz CT molecular complexity index is 874. The number of anilines is 2. The number of carbonyl (C=O) groups excluding carboxylic acids is 3. The van der Waals surface area contributed by atoms with Gasteiger partial charge < -0.3 is 25.8 Å². The van der Waals surface area contributed by atoms with Gasteiger partial charge in [0.2, 0.25) is 5.91 Å². The monoisotopic (exact) mass is 385 g/mol. The van der Waals surface area contributed by atoms with Gasteiger partial charge in [0.25, 0.3) is 5.91 Å². The van der Waals surface area contributed by atoms with E-state index in [0.29, 0.717) is 11.4 Å². The molecule has 0 atom stereocenters. The van der Waals surface area contributed by atoms with Crippen LogP contribution in [0.5, 0.6) is 5.75 Å². The molecule has 0 saturated heterocycles. The lowest BCUT2D eigenvalue weighted by atomic mass is 10.2. The Morgan fingerprint density at radius 3 is 2.25 bits per heavy atom. The Hall–Kier alpha value is -3.55. The SMILES string of the molecule is CC(C)(C)OC(=O)NCC(=O)Nc1cccc(NC(=O)c2ccccc2O)c1. The average molecular weight is 385 g/mol. The normalized spacial score (nSPS) is 10.7. The van der Waals surface area contributed by atoms with Crippen molar-refractivity contribution >= 4 is 29.3 Å². The maximum absolute atomic E-state index is 12.2. The minimum absolute atomic E-state index is 0.127. The van der Waals surface area contributed by atoms with Gasteiger partial charge in [0, 0.05) is 11.4 Å². The van der Waals surface area contributed by atoms with Gasteiger partial charge in [0.15, 0.2) is 0 Å². The molecule has 0 aliphatic heterocycles. The minimum atomic E-state index is -0.689. The molecule has 0 radical (unpaired) electrons. The number of nitrogens with one attached hydrogen (secondary N) is 3. The van der Waals surface area contributed by atoms with Crippen molar-refractivity contribution in [1.82, 2.24) is 5.32 Å². The fraction of sp³-hybridized carbons (Fsp3) is 0.250. The predicted octanol–water partition coefficient (Wildman–Crippen LogP) is 3.11. The van der Waals surface area contributed by atoms with Crippen molar-refractivity contribution in [2.24, 2.45) is 0 Å². The maximum Gasteiger partial charge on any atom is 0.408 e. The van der Waals surface area contributed by atoms with E-state index >= 15 is 0 Å². The third-order valence-corrected chi connectivity index (χ3v) is 3.35. The topological polar surface area (TPSA) is 117 Å². The molecule has 148 valence electrons. The zero-order valence-electron chi connectivity index (χ0n) is 15.9. The number of phenolic OH excluding ortho intramolecular Hbond substituents is 1. The molecule has 2 aromatic carbocycles. The molecule has 0 spiro atoms. The second-order valence-electron chi connectivity index (χ2n) is 6.96. The van der Waals surface area contributed by atoms with Crippen molar-refractivity contribution in [1.29, 1.82) is 0 Å². The fourth-order valence-corrected chi connectivity index (χ4v) is 2.21. The minimum Gasteiger partial charge on any atom is -0.507 e. The molecule has 0 aliphatic rings. The molecule has 4 N–H and O–H groups in total. The average Bonchev–Trinajstić information content (AvgIpc) is 2.59. The van der Waals surface area contributed by atoms with Crippen molar-refractivity contribution in [3.05, 3.63) is 54.1 Å². The Morgan fingerprint density at radius 1 is 0.964 bits per heavy atom. The summed E-state index contributed by atoms with van der Waals surface area (Å²) < 4.78 is 5.05. The van der Waals surface area contributed by atoms with E-state index in [-0.39, 0.29) is 17.9 Å². The first kappa shape index (κ1) is 20.8. The first-order valence-corrected chi connectivity index (χ1v) is 8.60. The molecule has 8 heteroatoms. The first-order chi connectivity index (χ1) is 13.1. The lowest BCUT2D eigenvalue weighted by Crippen LogP contribution is -2.37. The highest BCUT2D eigenvalue weighted by molar-refractivity contribution is 6.06. The van der Waals surface area contributed by atoms with E-state index in [4.69, 9.17) is 4.74 Å². The van der Waals surface area contributed by atoms with Crippen LogP contribution in [0.2, 0.25) is 0 Å². The van der Waals surface area contributed by atoms with Crippen LogP contribution in [0.1, 0.15) is 31.1 Å². The number of amides is 3. The summed E-state index contributed by atoms with van der Waals surface area (Å²) in [6, 6.07) is 12.7. The van der Waals surface area contributed by atoms with Crippen molar-refractivity contribution in [2.45, 2.75) is 26.4 Å². The molecular formula is C20H23N3O5. The molecule has 0 fully saturated rings. The third kappa shape index (κ3) is 6.64. The van der Waals surface area contributed by atoms with Crippen LogP contribution in [-0.4, -0.2) is 35.2 Å². The number of hydrogen-bond donors (Lipinski definition) is 4. The summed E-state index contributed by atoms with van der Waals surface area (Å²) in [6.45, 7) is 4.91. The van der Waals surface area contributed by atoms with Gasteiger partial charge in [-0.05, 0) is 51.1 Å². The molecule has 28 heavy (non-hydrogen) atoms. The number of benzene rings is 2. The molecule has 0 aromatic heterocycles. The van der Waals surface area contributed by atoms with Crippen LogP contribution < -0.4 is 16.0 Å². The number of hydrogen-bond acceptors (Lipinski definition) is 5. The summed E-state index contributed by atoms with van der Waals surface area (Å²) in [5, 5.41) is 17.4. The smallest absolute Gasteiger partial charge is 0.408 e. The van der Waals surface area contributed by atoms with Gasteiger partial charge in [-0.2, -0.15) is 0 Å². The quantitative estimate of drug-likeness (QED) is 0.631. The standard InChI is InChI=1S/C20H23N3O5/c1-20(2,3)28-19(27)21-12-17(25)22-13-7-6-8-14(11-13)23-18(26)15-9-4-5-10-16(15)24/h4-11,24H,12H2,1-3H3,(H,21,27)(H,22,25)(H,23,26). The summed E-state index contributed by atoms with van der Waals surface area (Å²) in [5.41, 5.74) is 0.357. The zero-order valence-corrected chi connectivity index (χ0v) is 15.9. The maximum atomic E-state index is 12.2. The number of carbonyl (C=O) groups is 3. The van der Waals surface area contributed by atoms with E-state index in [1.54, 1.807) is 57.2 Å². The van der Waals surface area contributed by atoms with Gasteiger partial charge in [-0.15, -0.1) is 0 Å². The summed E-state index contributed by atoms with van der Waals surface area (Å²) in [4.78, 5) is 35.8. The second kappa shape index (κ2) is 8.90. The van der Waals surface area contributed by atoms with Crippen LogP contribution in [0.3, 0.4) is 0 Å². The van der Waals surface area contributed by atoms with Gasteiger partial charge >= 0.3 is 6.09 Å². The van der Waals surface area contributed by atoms with Crippen LogP contribution in [0, 0.1) is 0 Å². The van der Waals surface area contributed by atoms with Gasteiger partial charge in [0.05, 0.1) is 5.56 Å². The Balaban J connectivity index is 1.92. The molecule has 2 aromatic rings. The Morgan fingerprint density at radius 2 is 1.61 bits per heavy atom. The highest BCUT2D eigenvalue weighted by atomic mass is 16.6. The lowest BCUT2D eigenvalue weighted by Gasteiger charge is -2.19. The summed E-state index contributed by atoms with van der Waals surface area (Å²) >= 11 is 0. The first-order valence-electron chi connectivity index (χ1n) is 8.60. The largest absolute Gasteiger partial charge is 0.507 e. The highest BCUT2D eigenvalue weighted by Gasteiger charge is 2.16. The zero-order chi connectivity index (χ0) is 20.7. The van der Waals surface area contributed by atoms with Crippen LogP contribution in [-0.2, 0) is 9.53 Å². The number of ether oxygens (including phenoxy) is 1. The number of phenols is 1. The fourth-order valence-electron chi connectivity index (χ4n) is 2.21. The number of para-hydroxylation sites is 1. The van der Waals surface area contributed by atoms with Crippen molar-refractivity contribution in [3.8, 4) is 5.75 Å². The molecule has 2 rings (SSSR count). The Labute approximate surface area is 162 Å². The van der Waals surface area contributed by atoms with Crippen LogP contribution in [0.25, 0.3) is 0 Å². The second-order valence-corrected chi connectivity index (χ2v) is 6.96. The molecular weight excluding hydrogens is 362 g/mol. The number of aromatic hydroxyl groups is 1. The molecule has 3 amide bonds. The number of rotatable bonds is 5.